The average molecular weight is 869 g/mol. The van der Waals surface area contributed by atoms with E-state index in [0.717, 1.165) is 117 Å². The normalized spacial score (nSPS) is 11.9. The summed E-state index contributed by atoms with van der Waals surface area (Å²) in [5.41, 5.74) is 17.4. The van der Waals surface area contributed by atoms with E-state index >= 15 is 0 Å². The van der Waals surface area contributed by atoms with Crippen molar-refractivity contribution in [3.63, 3.8) is 0 Å². The molecule has 0 unspecified atom stereocenters. The molecule has 4 nitrogen and oxygen atoms in total. The lowest BCUT2D eigenvalue weighted by atomic mass is 9.94. The van der Waals surface area contributed by atoms with Gasteiger partial charge in [0.05, 0.1) is 28.1 Å². The zero-order valence-corrected chi connectivity index (χ0v) is 36.8. The largest absolute Gasteiger partial charge is 0.455 e. The first kappa shape index (κ1) is 38.2. The molecule has 0 fully saturated rings. The molecular formula is C64H40N2O2. The zero-order valence-electron chi connectivity index (χ0n) is 36.8. The molecule has 11 aromatic carbocycles. The van der Waals surface area contributed by atoms with E-state index in [0.29, 0.717) is 0 Å². The minimum absolute atomic E-state index is 0.858. The summed E-state index contributed by atoms with van der Waals surface area (Å²) < 4.78 is 15.5. The van der Waals surface area contributed by atoms with Gasteiger partial charge in [-0.05, 0) is 112 Å². The minimum atomic E-state index is 0.858. The molecule has 3 heterocycles. The predicted octanol–water partition coefficient (Wildman–Crippen LogP) is 18.1. The molecule has 2 aromatic heterocycles. The second-order valence-corrected chi connectivity index (χ2v) is 17.6. The van der Waals surface area contributed by atoms with E-state index in [9.17, 15) is 0 Å². The molecule has 0 amide bonds. The molecule has 0 bridgehead atoms. The van der Waals surface area contributed by atoms with Crippen LogP contribution in [0.15, 0.2) is 247 Å². The minimum Gasteiger partial charge on any atom is -0.455 e. The Morgan fingerprint density at radius 3 is 1.91 bits per heavy atom. The van der Waals surface area contributed by atoms with Crippen LogP contribution in [-0.2, 0) is 0 Å². The number of aromatic nitrogens is 1. The van der Waals surface area contributed by atoms with E-state index in [1.165, 1.54) is 16.3 Å². The van der Waals surface area contributed by atoms with Crippen LogP contribution in [-0.4, -0.2) is 4.57 Å². The van der Waals surface area contributed by atoms with E-state index in [4.69, 9.17) is 9.15 Å². The molecule has 0 saturated heterocycles. The Labute approximate surface area is 392 Å². The Kier molecular flexibility index (Phi) is 8.55. The van der Waals surface area contributed by atoms with Crippen LogP contribution < -0.4 is 9.64 Å². The lowest BCUT2D eigenvalue weighted by Crippen LogP contribution is -2.12. The lowest BCUT2D eigenvalue weighted by molar-refractivity contribution is 0.476. The first-order chi connectivity index (χ1) is 33.7. The average Bonchev–Trinajstić information content (AvgIpc) is 3.97. The number of hydrogen-bond acceptors (Lipinski definition) is 3. The molecule has 0 aliphatic carbocycles. The maximum Gasteiger partial charge on any atom is 0.152 e. The Hall–Kier alpha value is -9.12. The summed E-state index contributed by atoms with van der Waals surface area (Å²) in [5.74, 6) is 1.73. The summed E-state index contributed by atoms with van der Waals surface area (Å²) in [4.78, 5) is 2.44. The summed E-state index contributed by atoms with van der Waals surface area (Å²) >= 11 is 0. The van der Waals surface area contributed by atoms with Gasteiger partial charge in [0.15, 0.2) is 11.5 Å². The fourth-order valence-corrected chi connectivity index (χ4v) is 10.7. The Morgan fingerprint density at radius 1 is 0.368 bits per heavy atom. The van der Waals surface area contributed by atoms with Gasteiger partial charge in [-0.15, -0.1) is 0 Å². The predicted molar refractivity (Wildman–Crippen MR) is 282 cm³/mol. The summed E-state index contributed by atoms with van der Waals surface area (Å²) in [6.45, 7) is 0. The summed E-state index contributed by atoms with van der Waals surface area (Å²) in [7, 11) is 0. The Morgan fingerprint density at radius 2 is 1.03 bits per heavy atom. The number of furan rings is 1. The van der Waals surface area contributed by atoms with Crippen LogP contribution >= 0.6 is 0 Å². The van der Waals surface area contributed by atoms with Gasteiger partial charge in [-0.25, -0.2) is 0 Å². The van der Waals surface area contributed by atoms with Crippen LogP contribution in [0.5, 0.6) is 11.5 Å². The fraction of sp³-hybridized carbons (Fsp3) is 0. The van der Waals surface area contributed by atoms with Crippen molar-refractivity contribution < 1.29 is 9.15 Å². The molecule has 68 heavy (non-hydrogen) atoms. The van der Waals surface area contributed by atoms with Gasteiger partial charge in [0.1, 0.15) is 11.2 Å². The second-order valence-electron chi connectivity index (χ2n) is 17.6. The van der Waals surface area contributed by atoms with Crippen LogP contribution in [0.25, 0.3) is 105 Å². The molecule has 0 spiro atoms. The molecule has 0 saturated carbocycles. The molecule has 0 N–H and O–H groups in total. The third-order valence-electron chi connectivity index (χ3n) is 13.8. The topological polar surface area (TPSA) is 30.5 Å². The van der Waals surface area contributed by atoms with E-state index in [2.05, 4.69) is 240 Å². The number of rotatable bonds is 7. The number of fused-ring (bicyclic) bond motifs is 10. The van der Waals surface area contributed by atoms with E-state index in [-0.39, 0.29) is 0 Å². The van der Waals surface area contributed by atoms with Crippen molar-refractivity contribution in [2.75, 3.05) is 4.90 Å². The molecule has 14 rings (SSSR count). The SMILES string of the molecule is c1ccc(-c2ccc(N(c3ccc(-c4cccc5oc6c7ccccc7ccc6c45)cc3)c3ccccc3-c3ccc4c(c3)c3cccc5c3n4-c3ccccc3O5)c(-c3ccccc3)c2)cc1. The fourth-order valence-electron chi connectivity index (χ4n) is 10.7. The van der Waals surface area contributed by atoms with Crippen molar-refractivity contribution >= 4 is 71.6 Å². The van der Waals surface area contributed by atoms with Gasteiger partial charge in [0.2, 0.25) is 0 Å². The van der Waals surface area contributed by atoms with Crippen LogP contribution in [0.3, 0.4) is 0 Å². The number of anilines is 3. The van der Waals surface area contributed by atoms with E-state index in [1.54, 1.807) is 0 Å². The first-order valence-electron chi connectivity index (χ1n) is 23.2. The highest BCUT2D eigenvalue weighted by Crippen LogP contribution is 2.49. The molecule has 318 valence electrons. The van der Waals surface area contributed by atoms with Gasteiger partial charge in [-0.3, -0.25) is 0 Å². The first-order valence-corrected chi connectivity index (χ1v) is 23.2. The third-order valence-corrected chi connectivity index (χ3v) is 13.8. The van der Waals surface area contributed by atoms with Crippen LogP contribution in [0.2, 0.25) is 0 Å². The van der Waals surface area contributed by atoms with Crippen molar-refractivity contribution in [2.45, 2.75) is 0 Å². The molecule has 1 aliphatic heterocycles. The highest BCUT2D eigenvalue weighted by molar-refractivity contribution is 6.19. The van der Waals surface area contributed by atoms with Gasteiger partial charge in [-0.2, -0.15) is 0 Å². The lowest BCUT2D eigenvalue weighted by Gasteiger charge is -2.30. The zero-order chi connectivity index (χ0) is 44.7. The smallest absolute Gasteiger partial charge is 0.152 e. The van der Waals surface area contributed by atoms with Gasteiger partial charge >= 0.3 is 0 Å². The van der Waals surface area contributed by atoms with E-state index in [1.807, 2.05) is 12.1 Å². The Bertz CT molecular complexity index is 4110. The number of hydrogen-bond donors (Lipinski definition) is 0. The highest BCUT2D eigenvalue weighted by Gasteiger charge is 2.26. The quantitative estimate of drug-likeness (QED) is 0.160. The molecule has 13 aromatic rings. The van der Waals surface area contributed by atoms with Crippen molar-refractivity contribution in [3.05, 3.63) is 243 Å². The van der Waals surface area contributed by atoms with Gasteiger partial charge in [0.25, 0.3) is 0 Å². The van der Waals surface area contributed by atoms with E-state index < -0.39 is 0 Å². The van der Waals surface area contributed by atoms with Gasteiger partial charge < -0.3 is 18.6 Å². The standard InChI is InChI=1S/C64H40N2O2/c1-3-15-41(16-4-1)45-32-37-56(53(39-45)42-17-5-2-6-18-42)65(47-34-29-44(30-35-47)49-22-13-27-60-62(49)52-36-31-43-19-7-8-21-50(43)64(52)68-60)55-24-10-9-20-48(55)46-33-38-57-54(40-46)51-23-14-28-61-63(51)66(57)58-25-11-12-26-59(58)67-61/h1-40H. The summed E-state index contributed by atoms with van der Waals surface area (Å²) in [6.07, 6.45) is 0. The maximum absolute atomic E-state index is 6.62. The molecule has 0 radical (unpaired) electrons. The van der Waals surface area contributed by atoms with Crippen molar-refractivity contribution in [1.29, 1.82) is 0 Å². The van der Waals surface area contributed by atoms with Crippen molar-refractivity contribution in [1.82, 2.24) is 4.57 Å². The highest BCUT2D eigenvalue weighted by atomic mass is 16.5. The monoisotopic (exact) mass is 868 g/mol. The second kappa shape index (κ2) is 15.2. The number of ether oxygens (including phenoxy) is 1. The van der Waals surface area contributed by atoms with Crippen molar-refractivity contribution in [3.8, 4) is 61.7 Å². The summed E-state index contributed by atoms with van der Waals surface area (Å²) in [6, 6.07) is 87.1. The van der Waals surface area contributed by atoms with Crippen LogP contribution in [0.4, 0.5) is 17.1 Å². The molecule has 4 heteroatoms. The number of nitrogens with zero attached hydrogens (tertiary/aromatic N) is 2. The number of para-hydroxylation sites is 4. The molecular weight excluding hydrogens is 829 g/mol. The van der Waals surface area contributed by atoms with Gasteiger partial charge in [-0.1, -0.05) is 170 Å². The number of benzene rings is 11. The van der Waals surface area contributed by atoms with Crippen LogP contribution in [0, 0.1) is 0 Å². The Balaban J connectivity index is 0.973. The summed E-state index contributed by atoms with van der Waals surface area (Å²) in [5, 5.41) is 6.88. The molecule has 0 atom stereocenters. The third kappa shape index (κ3) is 5.94. The van der Waals surface area contributed by atoms with Crippen molar-refractivity contribution in [2.24, 2.45) is 0 Å². The maximum atomic E-state index is 6.62. The van der Waals surface area contributed by atoms with Gasteiger partial charge in [0, 0.05) is 43.7 Å². The molecule has 1 aliphatic rings. The van der Waals surface area contributed by atoms with Crippen LogP contribution in [0.1, 0.15) is 0 Å².